The van der Waals surface area contributed by atoms with Gasteiger partial charge in [-0.3, -0.25) is 4.79 Å². The van der Waals surface area contributed by atoms with Crippen molar-refractivity contribution in [2.45, 2.75) is 18.7 Å². The molecule has 0 bridgehead atoms. The van der Waals surface area contributed by atoms with Crippen LogP contribution in [-0.2, 0) is 10.5 Å². The smallest absolute Gasteiger partial charge is 0.231 e. The Hall–Kier alpha value is -1.85. The molecule has 1 heterocycles. The summed E-state index contributed by atoms with van der Waals surface area (Å²) in [5.74, 6) is 2.70. The number of ether oxygens (including phenoxy) is 2. The Morgan fingerprint density at radius 1 is 1.25 bits per heavy atom. The number of carbonyl (C=O) groups is 1. The molecule has 0 spiro atoms. The van der Waals surface area contributed by atoms with Crippen molar-refractivity contribution in [3.63, 3.8) is 0 Å². The highest BCUT2D eigenvalue weighted by Gasteiger charge is 2.14. The van der Waals surface area contributed by atoms with Crippen molar-refractivity contribution >= 4 is 29.3 Å². The van der Waals surface area contributed by atoms with Crippen LogP contribution in [0.3, 0.4) is 0 Å². The molecule has 6 heteroatoms. The first-order valence-electron chi connectivity index (χ1n) is 7.63. The van der Waals surface area contributed by atoms with E-state index in [0.717, 1.165) is 28.4 Å². The molecule has 0 aromatic heterocycles. The van der Waals surface area contributed by atoms with Crippen molar-refractivity contribution in [3.05, 3.63) is 58.6 Å². The minimum Gasteiger partial charge on any atom is -0.454 e. The lowest BCUT2D eigenvalue weighted by molar-refractivity contribution is -0.119. The zero-order chi connectivity index (χ0) is 16.9. The molecule has 1 aliphatic rings. The maximum Gasteiger partial charge on any atom is 0.231 e. The zero-order valence-electron chi connectivity index (χ0n) is 13.3. The summed E-state index contributed by atoms with van der Waals surface area (Å²) in [5, 5.41) is 3.66. The monoisotopic (exact) mass is 363 g/mol. The molecule has 24 heavy (non-hydrogen) atoms. The van der Waals surface area contributed by atoms with Crippen molar-refractivity contribution < 1.29 is 14.3 Å². The van der Waals surface area contributed by atoms with E-state index in [0.29, 0.717) is 10.8 Å². The number of halogens is 1. The zero-order valence-corrected chi connectivity index (χ0v) is 14.8. The third kappa shape index (κ3) is 4.36. The van der Waals surface area contributed by atoms with Crippen molar-refractivity contribution in [1.82, 2.24) is 5.32 Å². The lowest BCUT2D eigenvalue weighted by atomic mass is 10.1. The van der Waals surface area contributed by atoms with Gasteiger partial charge in [0.1, 0.15) is 0 Å². The quantitative estimate of drug-likeness (QED) is 0.836. The number of fused-ring (bicyclic) bond motifs is 1. The Bertz CT molecular complexity index is 738. The predicted molar refractivity (Wildman–Crippen MR) is 96.7 cm³/mol. The van der Waals surface area contributed by atoms with Crippen molar-refractivity contribution in [1.29, 1.82) is 0 Å². The van der Waals surface area contributed by atoms with Gasteiger partial charge in [0.25, 0.3) is 0 Å². The molecule has 1 amide bonds. The van der Waals surface area contributed by atoms with Gasteiger partial charge in [-0.25, -0.2) is 0 Å². The largest absolute Gasteiger partial charge is 0.454 e. The van der Waals surface area contributed by atoms with Crippen LogP contribution in [-0.4, -0.2) is 18.5 Å². The summed E-state index contributed by atoms with van der Waals surface area (Å²) >= 11 is 7.55. The molecule has 126 valence electrons. The van der Waals surface area contributed by atoms with Gasteiger partial charge in [0.05, 0.1) is 11.8 Å². The minimum atomic E-state index is -0.0673. The summed E-state index contributed by atoms with van der Waals surface area (Å²) in [4.78, 5) is 12.1. The van der Waals surface area contributed by atoms with Crippen molar-refractivity contribution in [3.8, 4) is 11.5 Å². The molecule has 0 radical (unpaired) electrons. The van der Waals surface area contributed by atoms with Crippen LogP contribution in [0.4, 0.5) is 0 Å². The van der Waals surface area contributed by atoms with Crippen molar-refractivity contribution in [2.24, 2.45) is 0 Å². The second kappa shape index (κ2) is 7.81. The Morgan fingerprint density at radius 3 is 2.92 bits per heavy atom. The number of thioether (sulfide) groups is 1. The van der Waals surface area contributed by atoms with Crippen molar-refractivity contribution in [2.75, 3.05) is 12.5 Å². The molecule has 0 saturated carbocycles. The molecular weight excluding hydrogens is 346 g/mol. The summed E-state index contributed by atoms with van der Waals surface area (Å²) in [6.45, 7) is 2.22. The molecular formula is C18H18ClNO3S. The first-order chi connectivity index (χ1) is 11.6. The van der Waals surface area contributed by atoms with Crippen LogP contribution < -0.4 is 14.8 Å². The van der Waals surface area contributed by atoms with E-state index in [4.69, 9.17) is 21.1 Å². The highest BCUT2D eigenvalue weighted by Crippen LogP contribution is 2.33. The minimum absolute atomic E-state index is 0.00761. The van der Waals surface area contributed by atoms with Crippen LogP contribution in [0.2, 0.25) is 5.02 Å². The maximum atomic E-state index is 12.1. The molecule has 1 N–H and O–H groups in total. The van der Waals surface area contributed by atoms with Crippen LogP contribution in [0.5, 0.6) is 11.5 Å². The third-order valence-electron chi connectivity index (χ3n) is 3.67. The van der Waals surface area contributed by atoms with Crippen LogP contribution in [0.25, 0.3) is 0 Å². The molecule has 3 rings (SSSR count). The third-order valence-corrected chi connectivity index (χ3v) is 4.90. The average Bonchev–Trinajstić information content (AvgIpc) is 3.02. The number of benzene rings is 2. The Balaban J connectivity index is 1.45. The lowest BCUT2D eigenvalue weighted by Gasteiger charge is -2.14. The standard InChI is InChI=1S/C18H18ClNO3S/c1-12(14-3-2-4-15(19)8-14)20-18(21)10-24-9-13-5-6-16-17(7-13)23-11-22-16/h2-8,12H,9-11H2,1H3,(H,20,21)/t12-/m1/s1. The SMILES string of the molecule is C[C@@H](NC(=O)CSCc1ccc2c(c1)OCO2)c1cccc(Cl)c1. The first-order valence-corrected chi connectivity index (χ1v) is 9.16. The van der Waals surface area contributed by atoms with Crippen LogP contribution in [0.15, 0.2) is 42.5 Å². The van der Waals surface area contributed by atoms with Crippen LogP contribution in [0, 0.1) is 0 Å². The van der Waals surface area contributed by atoms with Gasteiger partial charge in [0.15, 0.2) is 11.5 Å². The number of amides is 1. The first kappa shape index (κ1) is 17.0. The van der Waals surface area contributed by atoms with Gasteiger partial charge in [-0.05, 0) is 42.3 Å². The van der Waals surface area contributed by atoms with Gasteiger partial charge in [-0.15, -0.1) is 11.8 Å². The van der Waals surface area contributed by atoms with E-state index in [9.17, 15) is 4.79 Å². The molecule has 4 nitrogen and oxygen atoms in total. The Kier molecular flexibility index (Phi) is 5.53. The second-order valence-electron chi connectivity index (χ2n) is 5.52. The fraction of sp³-hybridized carbons (Fsp3) is 0.278. The van der Waals surface area contributed by atoms with Gasteiger partial charge in [-0.1, -0.05) is 29.8 Å². The van der Waals surface area contributed by atoms with E-state index in [2.05, 4.69) is 5.32 Å². The highest BCUT2D eigenvalue weighted by molar-refractivity contribution is 7.99. The van der Waals surface area contributed by atoms with E-state index < -0.39 is 0 Å². The lowest BCUT2D eigenvalue weighted by Crippen LogP contribution is -2.28. The number of nitrogens with one attached hydrogen (secondary N) is 1. The molecule has 0 unspecified atom stereocenters. The molecule has 2 aromatic carbocycles. The number of hydrogen-bond donors (Lipinski definition) is 1. The van der Waals surface area contributed by atoms with E-state index in [1.165, 1.54) is 0 Å². The summed E-state index contributed by atoms with van der Waals surface area (Å²) < 4.78 is 10.6. The van der Waals surface area contributed by atoms with Gasteiger partial charge in [0, 0.05) is 10.8 Å². The topological polar surface area (TPSA) is 47.6 Å². The van der Waals surface area contributed by atoms with Crippen LogP contribution >= 0.6 is 23.4 Å². The molecule has 0 saturated heterocycles. The summed E-state index contributed by atoms with van der Waals surface area (Å²) in [5.41, 5.74) is 2.11. The van der Waals surface area contributed by atoms with Gasteiger partial charge >= 0.3 is 0 Å². The van der Waals surface area contributed by atoms with E-state index in [-0.39, 0.29) is 18.7 Å². The predicted octanol–water partition coefficient (Wildman–Crippen LogP) is 4.18. The van der Waals surface area contributed by atoms with E-state index >= 15 is 0 Å². The second-order valence-corrected chi connectivity index (χ2v) is 6.95. The average molecular weight is 364 g/mol. The molecule has 1 atom stereocenters. The molecule has 2 aromatic rings. The molecule has 0 aliphatic carbocycles. The molecule has 0 fully saturated rings. The van der Waals surface area contributed by atoms with E-state index in [1.54, 1.807) is 11.8 Å². The van der Waals surface area contributed by atoms with Gasteiger partial charge in [-0.2, -0.15) is 0 Å². The van der Waals surface area contributed by atoms with Gasteiger partial charge < -0.3 is 14.8 Å². The Labute approximate surface area is 150 Å². The normalized spacial score (nSPS) is 13.6. The summed E-state index contributed by atoms with van der Waals surface area (Å²) in [7, 11) is 0. The number of carbonyl (C=O) groups excluding carboxylic acids is 1. The Morgan fingerprint density at radius 2 is 2.08 bits per heavy atom. The van der Waals surface area contributed by atoms with Gasteiger partial charge in [0.2, 0.25) is 12.7 Å². The van der Waals surface area contributed by atoms with E-state index in [1.807, 2.05) is 49.4 Å². The fourth-order valence-electron chi connectivity index (χ4n) is 2.43. The highest BCUT2D eigenvalue weighted by atomic mass is 35.5. The number of hydrogen-bond acceptors (Lipinski definition) is 4. The van der Waals surface area contributed by atoms with Crippen LogP contribution in [0.1, 0.15) is 24.1 Å². The maximum absolute atomic E-state index is 12.1. The summed E-state index contributed by atoms with van der Waals surface area (Å²) in [6, 6.07) is 13.3. The number of rotatable bonds is 6. The molecule has 1 aliphatic heterocycles. The summed E-state index contributed by atoms with van der Waals surface area (Å²) in [6.07, 6.45) is 0. The fourth-order valence-corrected chi connectivity index (χ4v) is 3.42.